The molecule has 1 aromatic rings. The number of hydrogen-bond acceptors (Lipinski definition) is 4. The first kappa shape index (κ1) is 18.8. The van der Waals surface area contributed by atoms with Crippen LogP contribution in [0.15, 0.2) is 51.1 Å². The van der Waals surface area contributed by atoms with Gasteiger partial charge >= 0.3 is 6.18 Å². The average molecular weight is 393 g/mol. The third kappa shape index (κ3) is 2.69. The average Bonchev–Trinajstić information content (AvgIpc) is 3.01. The van der Waals surface area contributed by atoms with Crippen LogP contribution in [-0.2, 0) is 16.4 Å². The number of allylic oxidation sites excluding steroid dienone is 2. The zero-order valence-corrected chi connectivity index (χ0v) is 15.7. The molecule has 8 heteroatoms. The van der Waals surface area contributed by atoms with Crippen LogP contribution >= 0.6 is 0 Å². The smallest absolute Gasteiger partial charge is 0.342 e. The number of azo groups is 1. The lowest BCUT2D eigenvalue weighted by atomic mass is 9.61. The highest BCUT2D eigenvalue weighted by molar-refractivity contribution is 6.01. The van der Waals surface area contributed by atoms with Gasteiger partial charge in [-0.25, -0.2) is 4.39 Å². The second-order valence-electron chi connectivity index (χ2n) is 8.46. The molecule has 1 aromatic carbocycles. The fourth-order valence-corrected chi connectivity index (χ4v) is 4.49. The SMILES string of the molecule is CC1(C)CC(=O)C2=C(C1)NC1=C(CN=N1)[C@@]2(C)c1cc(C(F)(F)F)ccc1F. The number of hydrogen-bond donors (Lipinski definition) is 1. The summed E-state index contributed by atoms with van der Waals surface area (Å²) in [6.45, 7) is 5.59. The number of benzene rings is 1. The summed E-state index contributed by atoms with van der Waals surface area (Å²) >= 11 is 0. The minimum absolute atomic E-state index is 0.0992. The van der Waals surface area contributed by atoms with Crippen LogP contribution in [0.1, 0.15) is 44.7 Å². The van der Waals surface area contributed by atoms with Gasteiger partial charge in [-0.3, -0.25) is 4.79 Å². The third-order valence-electron chi connectivity index (χ3n) is 5.77. The number of alkyl halides is 3. The summed E-state index contributed by atoms with van der Waals surface area (Å²) in [7, 11) is 0. The molecule has 0 bridgehead atoms. The molecule has 1 atom stereocenters. The normalized spacial score (nSPS) is 26.3. The highest BCUT2D eigenvalue weighted by Crippen LogP contribution is 2.52. The van der Waals surface area contributed by atoms with Gasteiger partial charge in [-0.2, -0.15) is 18.3 Å². The third-order valence-corrected chi connectivity index (χ3v) is 5.77. The molecule has 0 radical (unpaired) electrons. The predicted molar refractivity (Wildman–Crippen MR) is 93.7 cm³/mol. The zero-order chi connectivity index (χ0) is 20.5. The van der Waals surface area contributed by atoms with Crippen molar-refractivity contribution >= 4 is 5.78 Å². The Bertz CT molecular complexity index is 988. The molecule has 1 N–H and O–H groups in total. The van der Waals surface area contributed by atoms with Crippen LogP contribution in [0.5, 0.6) is 0 Å². The van der Waals surface area contributed by atoms with Crippen molar-refractivity contribution in [3.05, 3.63) is 57.8 Å². The quantitative estimate of drug-likeness (QED) is 0.681. The maximum atomic E-state index is 14.9. The molecule has 1 aliphatic carbocycles. The summed E-state index contributed by atoms with van der Waals surface area (Å²) in [6.07, 6.45) is -3.87. The Hall–Kier alpha value is -2.51. The van der Waals surface area contributed by atoms with Crippen molar-refractivity contribution in [2.75, 3.05) is 6.54 Å². The molecule has 0 saturated carbocycles. The lowest BCUT2D eigenvalue weighted by Gasteiger charge is -2.44. The van der Waals surface area contributed by atoms with E-state index in [1.165, 1.54) is 0 Å². The summed E-state index contributed by atoms with van der Waals surface area (Å²) in [4.78, 5) is 13.1. The van der Waals surface area contributed by atoms with Gasteiger partial charge in [0.05, 0.1) is 17.5 Å². The second kappa shape index (κ2) is 5.75. The molecular formula is C20H19F4N3O. The monoisotopic (exact) mass is 393 g/mol. The minimum atomic E-state index is -4.62. The van der Waals surface area contributed by atoms with Gasteiger partial charge in [-0.15, -0.1) is 5.11 Å². The fraction of sp³-hybridized carbons (Fsp3) is 0.450. The van der Waals surface area contributed by atoms with E-state index in [-0.39, 0.29) is 29.7 Å². The first-order valence-corrected chi connectivity index (χ1v) is 8.96. The van der Waals surface area contributed by atoms with Crippen LogP contribution in [0.25, 0.3) is 0 Å². The van der Waals surface area contributed by atoms with Crippen molar-refractivity contribution in [2.24, 2.45) is 15.6 Å². The van der Waals surface area contributed by atoms with Crippen LogP contribution in [0, 0.1) is 11.2 Å². The molecule has 4 nitrogen and oxygen atoms in total. The van der Waals surface area contributed by atoms with Crippen molar-refractivity contribution in [2.45, 2.75) is 45.2 Å². The summed E-state index contributed by atoms with van der Waals surface area (Å²) in [5, 5.41) is 11.1. The molecule has 4 rings (SSSR count). The molecule has 0 unspecified atom stereocenters. The summed E-state index contributed by atoms with van der Waals surface area (Å²) in [5.74, 6) is -0.597. The van der Waals surface area contributed by atoms with Crippen molar-refractivity contribution in [3.63, 3.8) is 0 Å². The number of rotatable bonds is 1. The second-order valence-corrected chi connectivity index (χ2v) is 8.46. The van der Waals surface area contributed by atoms with E-state index >= 15 is 0 Å². The number of carbonyl (C=O) groups is 1. The van der Waals surface area contributed by atoms with Gasteiger partial charge in [0.15, 0.2) is 11.6 Å². The Morgan fingerprint density at radius 3 is 2.54 bits per heavy atom. The molecular weight excluding hydrogens is 374 g/mol. The van der Waals surface area contributed by atoms with E-state index in [4.69, 9.17) is 0 Å². The van der Waals surface area contributed by atoms with Gasteiger partial charge in [-0.05, 0) is 37.0 Å². The van der Waals surface area contributed by atoms with Gasteiger partial charge in [0.2, 0.25) is 0 Å². The topological polar surface area (TPSA) is 53.8 Å². The number of halogens is 4. The van der Waals surface area contributed by atoms with Gasteiger partial charge in [0.1, 0.15) is 5.82 Å². The molecule has 0 amide bonds. The molecule has 0 fully saturated rings. The van der Waals surface area contributed by atoms with E-state index in [9.17, 15) is 22.4 Å². The molecule has 0 spiro atoms. The first-order valence-electron chi connectivity index (χ1n) is 8.96. The number of carbonyl (C=O) groups excluding carboxylic acids is 1. The number of nitrogens with zero attached hydrogens (tertiary/aromatic N) is 2. The van der Waals surface area contributed by atoms with Crippen LogP contribution in [0.3, 0.4) is 0 Å². The summed E-state index contributed by atoms with van der Waals surface area (Å²) < 4.78 is 54.8. The van der Waals surface area contributed by atoms with Crippen molar-refractivity contribution in [3.8, 4) is 0 Å². The van der Waals surface area contributed by atoms with Gasteiger partial charge < -0.3 is 5.32 Å². The Balaban J connectivity index is 1.99. The van der Waals surface area contributed by atoms with Crippen LogP contribution < -0.4 is 5.32 Å². The van der Waals surface area contributed by atoms with Gasteiger partial charge in [-0.1, -0.05) is 13.8 Å². The maximum absolute atomic E-state index is 14.9. The maximum Gasteiger partial charge on any atom is 0.416 e. The van der Waals surface area contributed by atoms with Crippen LogP contribution in [0.2, 0.25) is 0 Å². The largest absolute Gasteiger partial charge is 0.416 e. The number of nitrogens with one attached hydrogen (secondary N) is 1. The molecule has 28 heavy (non-hydrogen) atoms. The molecule has 148 valence electrons. The molecule has 0 saturated heterocycles. The number of Topliss-reactive ketones (excluding diaryl/α,β-unsaturated/α-hetero) is 1. The summed E-state index contributed by atoms with van der Waals surface area (Å²) in [5.41, 5.74) is -1.40. The first-order chi connectivity index (χ1) is 12.9. The van der Waals surface area contributed by atoms with E-state index in [1.54, 1.807) is 6.92 Å². The Labute approximate surface area is 159 Å². The minimum Gasteiger partial charge on any atom is -0.342 e. The highest BCUT2D eigenvalue weighted by Gasteiger charge is 2.51. The molecule has 2 aliphatic heterocycles. The van der Waals surface area contributed by atoms with E-state index in [0.29, 0.717) is 35.2 Å². The molecule has 3 aliphatic rings. The van der Waals surface area contributed by atoms with Gasteiger partial charge in [0, 0.05) is 28.8 Å². The predicted octanol–water partition coefficient (Wildman–Crippen LogP) is 5.03. The Kier molecular flexibility index (Phi) is 3.87. The van der Waals surface area contributed by atoms with E-state index in [2.05, 4.69) is 15.5 Å². The van der Waals surface area contributed by atoms with Crippen LogP contribution in [0.4, 0.5) is 17.6 Å². The lowest BCUT2D eigenvalue weighted by molar-refractivity contribution is -0.137. The number of dihydropyridines is 1. The van der Waals surface area contributed by atoms with Crippen molar-refractivity contribution in [1.82, 2.24) is 5.32 Å². The van der Waals surface area contributed by atoms with E-state index < -0.39 is 23.0 Å². The fourth-order valence-electron chi connectivity index (χ4n) is 4.49. The highest BCUT2D eigenvalue weighted by atomic mass is 19.4. The standard InChI is InChI=1S/C20H19F4N3O/c1-18(2)7-14-16(15(28)8-18)19(3,12-9-25-27-17(12)26-14)11-6-10(20(22,23)24)4-5-13(11)21/h4-6,26H,7-9H2,1-3H3/t19-/m1/s1. The van der Waals surface area contributed by atoms with Crippen molar-refractivity contribution < 1.29 is 22.4 Å². The molecule has 2 heterocycles. The van der Waals surface area contributed by atoms with Crippen molar-refractivity contribution in [1.29, 1.82) is 0 Å². The van der Waals surface area contributed by atoms with E-state index in [0.717, 1.165) is 12.1 Å². The van der Waals surface area contributed by atoms with Crippen LogP contribution in [-0.4, -0.2) is 12.3 Å². The Morgan fingerprint density at radius 1 is 1.14 bits per heavy atom. The summed E-state index contributed by atoms with van der Waals surface area (Å²) in [6, 6.07) is 2.33. The molecule has 0 aromatic heterocycles. The van der Waals surface area contributed by atoms with E-state index in [1.807, 2.05) is 13.8 Å². The van der Waals surface area contributed by atoms with Gasteiger partial charge in [0.25, 0.3) is 0 Å². The number of ketones is 1. The Morgan fingerprint density at radius 2 is 1.86 bits per heavy atom. The lowest BCUT2D eigenvalue weighted by Crippen LogP contribution is -2.45. The zero-order valence-electron chi connectivity index (χ0n) is 15.7.